The molecule has 0 aliphatic rings. The van der Waals surface area contributed by atoms with Gasteiger partial charge in [-0.15, -0.1) is 0 Å². The summed E-state index contributed by atoms with van der Waals surface area (Å²) in [5.41, 5.74) is 5.84. The molecule has 0 aliphatic heterocycles. The summed E-state index contributed by atoms with van der Waals surface area (Å²) in [5, 5.41) is 0. The zero-order valence-electron chi connectivity index (χ0n) is 10.7. The van der Waals surface area contributed by atoms with Crippen molar-refractivity contribution in [3.8, 4) is 0 Å². The molecule has 2 rings (SSSR count). The number of carbonyl (C=O) groups is 2. The second kappa shape index (κ2) is 5.87. The molecule has 0 unspecified atom stereocenters. The lowest BCUT2D eigenvalue weighted by Crippen LogP contribution is -2.16. The standard InChI is InChI=1S/C13H12N2O5/c1-18-13(17)10-5-4-8(20-10)7-19-12(16)9-3-2-6-15-11(9)14/h2-6H,7H2,1H3,(H2,14,15)/p+1. The van der Waals surface area contributed by atoms with Gasteiger partial charge in [0.05, 0.1) is 13.3 Å². The number of hydrogen-bond donors (Lipinski definition) is 1. The van der Waals surface area contributed by atoms with Crippen LogP contribution in [0.2, 0.25) is 0 Å². The number of H-pyrrole nitrogens is 1. The Bertz CT molecular complexity index is 635. The molecule has 2 aromatic heterocycles. The topological polar surface area (TPSA) is 106 Å². The van der Waals surface area contributed by atoms with Gasteiger partial charge in [-0.1, -0.05) is 0 Å². The third kappa shape index (κ3) is 2.94. The molecular weight excluding hydrogens is 264 g/mol. The maximum Gasteiger partial charge on any atom is 0.373 e. The third-order valence-corrected chi connectivity index (χ3v) is 2.50. The van der Waals surface area contributed by atoms with Gasteiger partial charge < -0.3 is 13.9 Å². The lowest BCUT2D eigenvalue weighted by molar-refractivity contribution is -0.360. The van der Waals surface area contributed by atoms with Gasteiger partial charge >= 0.3 is 11.9 Å². The molecule has 0 aliphatic carbocycles. The van der Waals surface area contributed by atoms with Crippen LogP contribution in [0.3, 0.4) is 0 Å². The Labute approximate surface area is 114 Å². The van der Waals surface area contributed by atoms with Crippen molar-refractivity contribution in [2.45, 2.75) is 6.61 Å². The van der Waals surface area contributed by atoms with E-state index >= 15 is 0 Å². The van der Waals surface area contributed by atoms with Crippen LogP contribution in [-0.4, -0.2) is 19.0 Å². The average Bonchev–Trinajstić information content (AvgIpc) is 2.93. The van der Waals surface area contributed by atoms with Crippen LogP contribution in [0.4, 0.5) is 5.82 Å². The van der Waals surface area contributed by atoms with Gasteiger partial charge in [0.15, 0.2) is 0 Å². The predicted molar refractivity (Wildman–Crippen MR) is 66.6 cm³/mol. The van der Waals surface area contributed by atoms with Gasteiger partial charge in [-0.2, -0.15) is 0 Å². The van der Waals surface area contributed by atoms with E-state index in [0.717, 1.165) is 0 Å². The molecule has 0 saturated heterocycles. The van der Waals surface area contributed by atoms with Crippen LogP contribution in [0.15, 0.2) is 34.9 Å². The Morgan fingerprint density at radius 3 is 2.80 bits per heavy atom. The maximum atomic E-state index is 11.8. The predicted octanol–water partition coefficient (Wildman–Crippen LogP) is 0.820. The average molecular weight is 277 g/mol. The van der Waals surface area contributed by atoms with Crippen molar-refractivity contribution >= 4 is 17.8 Å². The van der Waals surface area contributed by atoms with Crippen molar-refractivity contribution in [2.24, 2.45) is 0 Å². The highest BCUT2D eigenvalue weighted by atomic mass is 16.5. The molecule has 0 fully saturated rings. The molecule has 0 aromatic carbocycles. The minimum absolute atomic E-state index is 0.0473. The largest absolute Gasteiger partial charge is 0.463 e. The number of hydrogen-bond acceptors (Lipinski definition) is 6. The fraction of sp³-hybridized carbons (Fsp3) is 0.154. The first-order valence-corrected chi connectivity index (χ1v) is 5.72. The fourth-order valence-corrected chi connectivity index (χ4v) is 1.51. The van der Waals surface area contributed by atoms with Crippen LogP contribution < -0.4 is 10.7 Å². The van der Waals surface area contributed by atoms with Gasteiger partial charge in [0.25, 0.3) is 5.82 Å². The van der Waals surface area contributed by atoms with E-state index in [9.17, 15) is 9.59 Å². The molecular formula is C13H13N2O5+. The fourth-order valence-electron chi connectivity index (χ4n) is 1.51. The van der Waals surface area contributed by atoms with E-state index in [-0.39, 0.29) is 23.7 Å². The molecule has 2 aromatic rings. The number of nitrogens with one attached hydrogen (secondary N) is 1. The van der Waals surface area contributed by atoms with E-state index in [0.29, 0.717) is 5.76 Å². The summed E-state index contributed by atoms with van der Waals surface area (Å²) in [6, 6.07) is 6.14. The number of furan rings is 1. The highest BCUT2D eigenvalue weighted by Gasteiger charge is 2.17. The lowest BCUT2D eigenvalue weighted by atomic mass is 10.2. The molecule has 7 nitrogen and oxygen atoms in total. The number of methoxy groups -OCH3 is 1. The van der Waals surface area contributed by atoms with Crippen LogP contribution in [0.1, 0.15) is 26.7 Å². The zero-order chi connectivity index (χ0) is 14.5. The van der Waals surface area contributed by atoms with Crippen molar-refractivity contribution < 1.29 is 28.5 Å². The van der Waals surface area contributed by atoms with Gasteiger partial charge in [-0.25, -0.2) is 14.6 Å². The summed E-state index contributed by atoms with van der Waals surface area (Å²) in [6.45, 7) is -0.107. The number of aromatic nitrogens is 1. The third-order valence-electron chi connectivity index (χ3n) is 2.50. The van der Waals surface area contributed by atoms with Gasteiger partial charge in [0, 0.05) is 0 Å². The Kier molecular flexibility index (Phi) is 3.99. The number of nitrogen functional groups attached to an aromatic ring is 1. The zero-order valence-corrected chi connectivity index (χ0v) is 10.7. The minimum Gasteiger partial charge on any atom is -0.463 e. The van der Waals surface area contributed by atoms with Crippen LogP contribution in [0.5, 0.6) is 0 Å². The Hall–Kier alpha value is -2.83. The smallest absolute Gasteiger partial charge is 0.373 e. The van der Waals surface area contributed by atoms with Crippen LogP contribution in [-0.2, 0) is 16.1 Å². The minimum atomic E-state index is -0.593. The molecule has 0 radical (unpaired) electrons. The van der Waals surface area contributed by atoms with Gasteiger partial charge in [-0.05, 0) is 24.3 Å². The number of nitrogens with two attached hydrogens (primary N) is 1. The number of anilines is 1. The van der Waals surface area contributed by atoms with E-state index in [4.69, 9.17) is 14.9 Å². The van der Waals surface area contributed by atoms with Crippen molar-refractivity contribution in [2.75, 3.05) is 12.8 Å². The van der Waals surface area contributed by atoms with Crippen molar-refractivity contribution in [1.82, 2.24) is 0 Å². The van der Waals surface area contributed by atoms with Crippen molar-refractivity contribution in [3.63, 3.8) is 0 Å². The lowest BCUT2D eigenvalue weighted by Gasteiger charge is -2.02. The quantitative estimate of drug-likeness (QED) is 0.829. The molecule has 3 N–H and O–H groups in total. The second-order valence-corrected chi connectivity index (χ2v) is 3.83. The van der Waals surface area contributed by atoms with Crippen LogP contribution in [0.25, 0.3) is 0 Å². The van der Waals surface area contributed by atoms with Gasteiger partial charge in [0.1, 0.15) is 17.9 Å². The summed E-state index contributed by atoms with van der Waals surface area (Å²) < 4.78 is 14.7. The Morgan fingerprint density at radius 2 is 2.10 bits per heavy atom. The van der Waals surface area contributed by atoms with E-state index in [1.165, 1.54) is 25.3 Å². The summed E-state index contributed by atoms with van der Waals surface area (Å²) >= 11 is 0. The van der Waals surface area contributed by atoms with Crippen molar-refractivity contribution in [3.05, 3.63) is 47.5 Å². The number of aromatic amines is 1. The van der Waals surface area contributed by atoms with E-state index in [2.05, 4.69) is 9.72 Å². The first-order chi connectivity index (χ1) is 9.61. The second-order valence-electron chi connectivity index (χ2n) is 3.83. The number of ether oxygens (including phenoxy) is 2. The summed E-state index contributed by atoms with van der Waals surface area (Å²) in [7, 11) is 1.25. The number of carbonyl (C=O) groups excluding carboxylic acids is 2. The molecule has 2 heterocycles. The van der Waals surface area contributed by atoms with Crippen molar-refractivity contribution in [1.29, 1.82) is 0 Å². The molecule has 0 atom stereocenters. The normalized spacial score (nSPS) is 10.1. The summed E-state index contributed by atoms with van der Waals surface area (Å²) in [5.74, 6) is -0.588. The molecule has 0 spiro atoms. The summed E-state index contributed by atoms with van der Waals surface area (Å²) in [6.07, 6.45) is 1.60. The molecule has 7 heteroatoms. The SMILES string of the molecule is COC(=O)c1ccc(COC(=O)c2ccc[nH+]c2N)o1. The van der Waals surface area contributed by atoms with Gasteiger partial charge in [0.2, 0.25) is 5.76 Å². The Morgan fingerprint density at radius 1 is 1.30 bits per heavy atom. The number of pyridine rings is 1. The molecule has 0 saturated carbocycles. The molecule has 0 bridgehead atoms. The monoisotopic (exact) mass is 277 g/mol. The highest BCUT2D eigenvalue weighted by molar-refractivity contribution is 5.93. The highest BCUT2D eigenvalue weighted by Crippen LogP contribution is 2.12. The van der Waals surface area contributed by atoms with Crippen LogP contribution >= 0.6 is 0 Å². The molecule has 104 valence electrons. The number of rotatable bonds is 4. The van der Waals surface area contributed by atoms with E-state index < -0.39 is 11.9 Å². The first-order valence-electron chi connectivity index (χ1n) is 5.72. The number of esters is 2. The van der Waals surface area contributed by atoms with Gasteiger partial charge in [-0.3, -0.25) is 5.73 Å². The first kappa shape index (κ1) is 13.6. The Balaban J connectivity index is 1.99. The van der Waals surface area contributed by atoms with Crippen LogP contribution in [0, 0.1) is 0 Å². The van der Waals surface area contributed by atoms with E-state index in [1.807, 2.05) is 0 Å². The molecule has 0 amide bonds. The van der Waals surface area contributed by atoms with E-state index in [1.54, 1.807) is 12.3 Å². The molecule has 20 heavy (non-hydrogen) atoms. The summed E-state index contributed by atoms with van der Waals surface area (Å²) in [4.78, 5) is 25.7. The maximum absolute atomic E-state index is 11.8.